The number of carboxylic acid groups (broad SMARTS) is 1. The number of aryl methyl sites for hydroxylation is 1. The fourth-order valence-electron chi connectivity index (χ4n) is 2.95. The second kappa shape index (κ2) is 5.24. The van der Waals surface area contributed by atoms with E-state index in [1.54, 1.807) is 4.90 Å². The SMILES string of the molecule is Cc1c(C(=O)N2CCC(CC(=O)O)C2)oc2ccccc12. The first kappa shape index (κ1) is 13.7. The predicted molar refractivity (Wildman–Crippen MR) is 77.2 cm³/mol. The first-order valence-corrected chi connectivity index (χ1v) is 7.05. The van der Waals surface area contributed by atoms with Gasteiger partial charge in [0.1, 0.15) is 5.58 Å². The Morgan fingerprint density at radius 1 is 1.38 bits per heavy atom. The Hall–Kier alpha value is -2.30. The van der Waals surface area contributed by atoms with Crippen LogP contribution in [0.25, 0.3) is 11.0 Å². The third kappa shape index (κ3) is 2.51. The van der Waals surface area contributed by atoms with Crippen molar-refractivity contribution >= 4 is 22.8 Å². The molecule has 1 unspecified atom stereocenters. The number of hydrogen-bond acceptors (Lipinski definition) is 3. The molecule has 2 heterocycles. The second-order valence-corrected chi connectivity index (χ2v) is 5.56. The Bertz CT molecular complexity index is 703. The molecular formula is C16H17NO4. The van der Waals surface area contributed by atoms with Crippen molar-refractivity contribution in [2.24, 2.45) is 5.92 Å². The summed E-state index contributed by atoms with van der Waals surface area (Å²) in [5.74, 6) is -0.547. The summed E-state index contributed by atoms with van der Waals surface area (Å²) in [4.78, 5) is 25.0. The first-order chi connectivity index (χ1) is 10.1. The highest BCUT2D eigenvalue weighted by atomic mass is 16.4. The Kier molecular flexibility index (Phi) is 3.41. The van der Waals surface area contributed by atoms with Gasteiger partial charge in [-0.25, -0.2) is 0 Å². The summed E-state index contributed by atoms with van der Waals surface area (Å²) in [5.41, 5.74) is 1.55. The molecule has 1 aliphatic heterocycles. The van der Waals surface area contributed by atoms with Gasteiger partial charge >= 0.3 is 5.97 Å². The highest BCUT2D eigenvalue weighted by Crippen LogP contribution is 2.28. The molecule has 5 nitrogen and oxygen atoms in total. The molecule has 0 bridgehead atoms. The minimum absolute atomic E-state index is 0.0381. The number of hydrogen-bond donors (Lipinski definition) is 1. The zero-order chi connectivity index (χ0) is 15.0. The monoisotopic (exact) mass is 287 g/mol. The van der Waals surface area contributed by atoms with E-state index in [1.165, 1.54) is 0 Å². The maximum Gasteiger partial charge on any atom is 0.303 e. The van der Waals surface area contributed by atoms with Crippen LogP contribution in [0.3, 0.4) is 0 Å². The molecule has 1 aromatic carbocycles. The molecule has 1 N–H and O–H groups in total. The maximum absolute atomic E-state index is 12.6. The van der Waals surface area contributed by atoms with Crippen molar-refractivity contribution in [3.63, 3.8) is 0 Å². The third-order valence-corrected chi connectivity index (χ3v) is 4.07. The molecule has 0 spiro atoms. The van der Waals surface area contributed by atoms with Crippen LogP contribution in [-0.2, 0) is 4.79 Å². The highest BCUT2D eigenvalue weighted by molar-refractivity contribution is 5.99. The Morgan fingerprint density at radius 2 is 2.14 bits per heavy atom. The van der Waals surface area contributed by atoms with Crippen molar-refractivity contribution in [3.05, 3.63) is 35.6 Å². The number of para-hydroxylation sites is 1. The number of carboxylic acids is 1. The van der Waals surface area contributed by atoms with Crippen molar-refractivity contribution in [2.45, 2.75) is 19.8 Å². The van der Waals surface area contributed by atoms with E-state index in [-0.39, 0.29) is 18.2 Å². The fourth-order valence-corrected chi connectivity index (χ4v) is 2.95. The van der Waals surface area contributed by atoms with Crippen molar-refractivity contribution in [2.75, 3.05) is 13.1 Å². The van der Waals surface area contributed by atoms with Gasteiger partial charge < -0.3 is 14.4 Å². The number of carbonyl (C=O) groups excluding carboxylic acids is 1. The zero-order valence-electron chi connectivity index (χ0n) is 11.8. The molecule has 1 atom stereocenters. The van der Waals surface area contributed by atoms with Gasteiger partial charge in [0.2, 0.25) is 0 Å². The molecule has 0 radical (unpaired) electrons. The number of nitrogens with zero attached hydrogens (tertiary/aromatic N) is 1. The fraction of sp³-hybridized carbons (Fsp3) is 0.375. The molecule has 21 heavy (non-hydrogen) atoms. The number of carbonyl (C=O) groups is 2. The van der Waals surface area contributed by atoms with Crippen LogP contribution in [0.4, 0.5) is 0 Å². The lowest BCUT2D eigenvalue weighted by Crippen LogP contribution is -2.29. The molecular weight excluding hydrogens is 270 g/mol. The summed E-state index contributed by atoms with van der Waals surface area (Å²) in [7, 11) is 0. The van der Waals surface area contributed by atoms with Gasteiger partial charge in [-0.05, 0) is 25.3 Å². The van der Waals surface area contributed by atoms with Gasteiger partial charge in [-0.3, -0.25) is 9.59 Å². The van der Waals surface area contributed by atoms with Crippen molar-refractivity contribution < 1.29 is 19.1 Å². The van der Waals surface area contributed by atoms with Gasteiger partial charge in [0.15, 0.2) is 5.76 Å². The number of rotatable bonds is 3. The minimum Gasteiger partial charge on any atom is -0.481 e. The van der Waals surface area contributed by atoms with E-state index >= 15 is 0 Å². The van der Waals surface area contributed by atoms with Crippen LogP contribution in [0, 0.1) is 12.8 Å². The number of likely N-dealkylation sites (tertiary alicyclic amines) is 1. The Morgan fingerprint density at radius 3 is 2.86 bits per heavy atom. The van der Waals surface area contributed by atoms with Gasteiger partial charge in [-0.15, -0.1) is 0 Å². The van der Waals surface area contributed by atoms with Gasteiger partial charge in [-0.2, -0.15) is 0 Å². The van der Waals surface area contributed by atoms with Crippen LogP contribution in [-0.4, -0.2) is 35.0 Å². The number of amides is 1. The topological polar surface area (TPSA) is 70.8 Å². The van der Waals surface area contributed by atoms with E-state index in [1.807, 2.05) is 31.2 Å². The van der Waals surface area contributed by atoms with Crippen molar-refractivity contribution in [1.82, 2.24) is 4.90 Å². The maximum atomic E-state index is 12.6. The van der Waals surface area contributed by atoms with E-state index in [0.717, 1.165) is 17.4 Å². The van der Waals surface area contributed by atoms with E-state index in [9.17, 15) is 9.59 Å². The van der Waals surface area contributed by atoms with Crippen LogP contribution >= 0.6 is 0 Å². The number of benzene rings is 1. The Labute approximate surface area is 122 Å². The normalized spacial score (nSPS) is 18.3. The van der Waals surface area contributed by atoms with Gasteiger partial charge in [0.05, 0.1) is 0 Å². The lowest BCUT2D eigenvalue weighted by Gasteiger charge is -2.15. The van der Waals surface area contributed by atoms with E-state index < -0.39 is 5.97 Å². The lowest BCUT2D eigenvalue weighted by atomic mass is 10.1. The molecule has 110 valence electrons. The molecule has 0 aliphatic carbocycles. The molecule has 3 rings (SSSR count). The summed E-state index contributed by atoms with van der Waals surface area (Å²) >= 11 is 0. The number of aliphatic carboxylic acids is 1. The molecule has 1 fully saturated rings. The van der Waals surface area contributed by atoms with Crippen molar-refractivity contribution in [3.8, 4) is 0 Å². The van der Waals surface area contributed by atoms with Crippen LogP contribution in [0.5, 0.6) is 0 Å². The molecule has 0 saturated carbocycles. The van der Waals surface area contributed by atoms with E-state index in [2.05, 4.69) is 0 Å². The molecule has 1 amide bonds. The minimum atomic E-state index is -0.811. The van der Waals surface area contributed by atoms with E-state index in [0.29, 0.717) is 24.4 Å². The number of furan rings is 1. The summed E-state index contributed by atoms with van der Waals surface area (Å²) in [6.45, 7) is 2.96. The standard InChI is InChI=1S/C16H17NO4/c1-10-12-4-2-3-5-13(12)21-15(10)16(20)17-7-6-11(9-17)8-14(18)19/h2-5,11H,6-9H2,1H3,(H,18,19). The predicted octanol–water partition coefficient (Wildman–Crippen LogP) is 2.68. The third-order valence-electron chi connectivity index (χ3n) is 4.07. The zero-order valence-corrected chi connectivity index (χ0v) is 11.8. The molecule has 5 heteroatoms. The average Bonchev–Trinajstić information content (AvgIpc) is 3.03. The molecule has 1 saturated heterocycles. The van der Waals surface area contributed by atoms with Crippen LogP contribution in [0.15, 0.2) is 28.7 Å². The summed E-state index contributed by atoms with van der Waals surface area (Å²) < 4.78 is 5.68. The van der Waals surface area contributed by atoms with Crippen molar-refractivity contribution in [1.29, 1.82) is 0 Å². The Balaban J connectivity index is 1.81. The summed E-state index contributed by atoms with van der Waals surface area (Å²) in [6.07, 6.45) is 0.847. The average molecular weight is 287 g/mol. The highest BCUT2D eigenvalue weighted by Gasteiger charge is 2.31. The largest absolute Gasteiger partial charge is 0.481 e. The van der Waals surface area contributed by atoms with Crippen LogP contribution < -0.4 is 0 Å². The lowest BCUT2D eigenvalue weighted by molar-refractivity contribution is -0.138. The molecule has 1 aromatic heterocycles. The number of fused-ring (bicyclic) bond motifs is 1. The molecule has 2 aromatic rings. The second-order valence-electron chi connectivity index (χ2n) is 5.56. The summed E-state index contributed by atoms with van der Waals surface area (Å²) in [6, 6.07) is 7.56. The quantitative estimate of drug-likeness (QED) is 0.942. The van der Waals surface area contributed by atoms with Gasteiger partial charge in [0, 0.05) is 30.5 Å². The first-order valence-electron chi connectivity index (χ1n) is 7.05. The smallest absolute Gasteiger partial charge is 0.303 e. The van der Waals surface area contributed by atoms with Crippen LogP contribution in [0.1, 0.15) is 29.0 Å². The van der Waals surface area contributed by atoms with Gasteiger partial charge in [0.25, 0.3) is 5.91 Å². The summed E-state index contributed by atoms with van der Waals surface area (Å²) in [5, 5.41) is 9.78. The van der Waals surface area contributed by atoms with E-state index in [4.69, 9.17) is 9.52 Å². The molecule has 1 aliphatic rings. The van der Waals surface area contributed by atoms with Crippen LogP contribution in [0.2, 0.25) is 0 Å². The van der Waals surface area contributed by atoms with Gasteiger partial charge in [-0.1, -0.05) is 18.2 Å².